The van der Waals surface area contributed by atoms with Crippen molar-refractivity contribution in [2.24, 2.45) is 11.8 Å². The number of hydrogen-bond donors (Lipinski definition) is 0. The molecule has 0 N–H and O–H groups in total. The van der Waals surface area contributed by atoms with Crippen LogP contribution in [-0.2, 0) is 4.79 Å². The number of nitrogens with zero attached hydrogens (tertiary/aromatic N) is 1. The highest BCUT2D eigenvalue weighted by Crippen LogP contribution is 2.27. The second-order valence-corrected chi connectivity index (χ2v) is 3.80. The van der Waals surface area contributed by atoms with E-state index in [0.717, 1.165) is 12.8 Å². The summed E-state index contributed by atoms with van der Waals surface area (Å²) in [4.78, 5) is 12.8. The van der Waals surface area contributed by atoms with E-state index in [4.69, 9.17) is 0 Å². The lowest BCUT2D eigenvalue weighted by molar-refractivity contribution is -0.112. The zero-order valence-corrected chi connectivity index (χ0v) is 7.58. The molecule has 2 unspecified atom stereocenters. The minimum Gasteiger partial charge on any atom is -0.302 e. The van der Waals surface area contributed by atoms with E-state index in [1.807, 2.05) is 7.05 Å². The molecule has 64 valence electrons. The van der Waals surface area contributed by atoms with Gasteiger partial charge in [0.15, 0.2) is 0 Å². The van der Waals surface area contributed by atoms with Crippen molar-refractivity contribution >= 4 is 6.29 Å². The Labute approximate surface area is 68.6 Å². The van der Waals surface area contributed by atoms with Crippen molar-refractivity contribution in [3.05, 3.63) is 0 Å². The van der Waals surface area contributed by atoms with Crippen LogP contribution in [0.15, 0.2) is 0 Å². The Morgan fingerprint density at radius 3 is 2.55 bits per heavy atom. The first kappa shape index (κ1) is 8.72. The van der Waals surface area contributed by atoms with Gasteiger partial charge in [-0.1, -0.05) is 13.8 Å². The van der Waals surface area contributed by atoms with Gasteiger partial charge >= 0.3 is 0 Å². The van der Waals surface area contributed by atoms with Crippen molar-refractivity contribution in [3.63, 3.8) is 0 Å². The third-order valence-corrected chi connectivity index (χ3v) is 2.76. The van der Waals surface area contributed by atoms with Crippen LogP contribution in [0.4, 0.5) is 0 Å². The molecule has 0 saturated carbocycles. The second kappa shape index (κ2) is 3.35. The molecule has 1 fully saturated rings. The minimum atomic E-state index is 0.176. The van der Waals surface area contributed by atoms with Crippen LogP contribution in [0.5, 0.6) is 0 Å². The summed E-state index contributed by atoms with van der Waals surface area (Å²) in [6.45, 7) is 5.47. The Hall–Kier alpha value is -0.370. The molecular formula is C9H17NO. The maximum Gasteiger partial charge on any atom is 0.137 e. The van der Waals surface area contributed by atoms with Gasteiger partial charge in [-0.25, -0.2) is 0 Å². The van der Waals surface area contributed by atoms with Gasteiger partial charge in [0, 0.05) is 0 Å². The number of aldehydes is 1. The molecule has 0 aromatic rings. The Bertz CT molecular complexity index is 144. The average molecular weight is 155 g/mol. The summed E-state index contributed by atoms with van der Waals surface area (Å²) in [7, 11) is 2.03. The highest BCUT2D eigenvalue weighted by molar-refractivity contribution is 5.58. The molecule has 1 aliphatic heterocycles. The van der Waals surface area contributed by atoms with Gasteiger partial charge in [0.1, 0.15) is 6.29 Å². The molecule has 0 spiro atoms. The topological polar surface area (TPSA) is 20.3 Å². The van der Waals surface area contributed by atoms with Crippen molar-refractivity contribution in [1.29, 1.82) is 0 Å². The van der Waals surface area contributed by atoms with E-state index in [1.54, 1.807) is 0 Å². The van der Waals surface area contributed by atoms with E-state index < -0.39 is 0 Å². The Kier molecular flexibility index (Phi) is 2.66. The standard InChI is InChI=1S/C9H17NO/c1-7(2)8-4-5-10(3)9(8)6-11/h6-9H,4-5H2,1-3H3. The SMILES string of the molecule is CC(C)C1CCN(C)C1C=O. The van der Waals surface area contributed by atoms with Crippen LogP contribution < -0.4 is 0 Å². The summed E-state index contributed by atoms with van der Waals surface area (Å²) < 4.78 is 0. The zero-order valence-electron chi connectivity index (χ0n) is 7.58. The van der Waals surface area contributed by atoms with Crippen LogP contribution in [0.25, 0.3) is 0 Å². The van der Waals surface area contributed by atoms with Crippen LogP contribution in [0.2, 0.25) is 0 Å². The van der Waals surface area contributed by atoms with Gasteiger partial charge in [-0.05, 0) is 31.8 Å². The normalized spacial score (nSPS) is 33.1. The molecule has 0 aromatic heterocycles. The first-order valence-corrected chi connectivity index (χ1v) is 4.32. The van der Waals surface area contributed by atoms with Crippen LogP contribution in [0.3, 0.4) is 0 Å². The summed E-state index contributed by atoms with van der Waals surface area (Å²) in [5.74, 6) is 1.22. The third-order valence-electron chi connectivity index (χ3n) is 2.76. The Balaban J connectivity index is 2.61. The first-order valence-electron chi connectivity index (χ1n) is 4.32. The van der Waals surface area contributed by atoms with E-state index in [2.05, 4.69) is 18.7 Å². The molecule has 2 heteroatoms. The van der Waals surface area contributed by atoms with Gasteiger partial charge in [-0.2, -0.15) is 0 Å². The lowest BCUT2D eigenvalue weighted by Gasteiger charge is -2.21. The molecule has 0 amide bonds. The third kappa shape index (κ3) is 1.62. The second-order valence-electron chi connectivity index (χ2n) is 3.80. The maximum atomic E-state index is 10.7. The molecule has 1 aliphatic rings. The molecular weight excluding hydrogens is 138 g/mol. The lowest BCUT2D eigenvalue weighted by Crippen LogP contribution is -2.32. The lowest BCUT2D eigenvalue weighted by atomic mass is 9.89. The first-order chi connectivity index (χ1) is 5.16. The minimum absolute atomic E-state index is 0.176. The number of carbonyl (C=O) groups is 1. The van der Waals surface area contributed by atoms with E-state index in [9.17, 15) is 4.79 Å². The van der Waals surface area contributed by atoms with Crippen LogP contribution in [0.1, 0.15) is 20.3 Å². The predicted molar refractivity (Wildman–Crippen MR) is 45.4 cm³/mol. The predicted octanol–water partition coefficient (Wildman–Crippen LogP) is 1.16. The molecule has 1 rings (SSSR count). The van der Waals surface area contributed by atoms with Crippen LogP contribution in [0, 0.1) is 11.8 Å². The summed E-state index contributed by atoms with van der Waals surface area (Å²) in [6, 6.07) is 0.176. The van der Waals surface area contributed by atoms with Gasteiger partial charge in [-0.3, -0.25) is 4.90 Å². The molecule has 0 aromatic carbocycles. The molecule has 0 bridgehead atoms. The highest BCUT2D eigenvalue weighted by Gasteiger charge is 2.32. The Morgan fingerprint density at radius 2 is 2.18 bits per heavy atom. The number of carbonyl (C=O) groups excluding carboxylic acids is 1. The molecule has 0 aliphatic carbocycles. The summed E-state index contributed by atoms with van der Waals surface area (Å²) in [6.07, 6.45) is 2.27. The molecule has 1 heterocycles. The van der Waals surface area contributed by atoms with Crippen molar-refractivity contribution < 1.29 is 4.79 Å². The molecule has 2 nitrogen and oxygen atoms in total. The number of rotatable bonds is 2. The number of hydrogen-bond acceptors (Lipinski definition) is 2. The van der Waals surface area contributed by atoms with Crippen molar-refractivity contribution in [2.75, 3.05) is 13.6 Å². The molecule has 0 radical (unpaired) electrons. The van der Waals surface area contributed by atoms with Gasteiger partial charge in [0.2, 0.25) is 0 Å². The molecule has 1 saturated heterocycles. The van der Waals surface area contributed by atoms with Crippen molar-refractivity contribution in [3.8, 4) is 0 Å². The smallest absolute Gasteiger partial charge is 0.137 e. The quantitative estimate of drug-likeness (QED) is 0.558. The fraction of sp³-hybridized carbons (Fsp3) is 0.889. The fourth-order valence-corrected chi connectivity index (χ4v) is 1.93. The van der Waals surface area contributed by atoms with E-state index in [-0.39, 0.29) is 6.04 Å². The fourth-order valence-electron chi connectivity index (χ4n) is 1.93. The van der Waals surface area contributed by atoms with Gasteiger partial charge in [0.05, 0.1) is 6.04 Å². The Morgan fingerprint density at radius 1 is 1.55 bits per heavy atom. The summed E-state index contributed by atoms with van der Waals surface area (Å²) in [5, 5.41) is 0. The van der Waals surface area contributed by atoms with E-state index >= 15 is 0 Å². The van der Waals surface area contributed by atoms with Crippen LogP contribution >= 0.6 is 0 Å². The number of likely N-dealkylation sites (tertiary alicyclic amines) is 1. The van der Waals surface area contributed by atoms with E-state index in [1.165, 1.54) is 6.42 Å². The van der Waals surface area contributed by atoms with Gasteiger partial charge < -0.3 is 4.79 Å². The van der Waals surface area contributed by atoms with Crippen molar-refractivity contribution in [1.82, 2.24) is 4.90 Å². The molecule has 11 heavy (non-hydrogen) atoms. The van der Waals surface area contributed by atoms with Crippen molar-refractivity contribution in [2.45, 2.75) is 26.3 Å². The zero-order chi connectivity index (χ0) is 8.43. The summed E-state index contributed by atoms with van der Waals surface area (Å²) >= 11 is 0. The monoisotopic (exact) mass is 155 g/mol. The average Bonchev–Trinajstić information content (AvgIpc) is 2.30. The van der Waals surface area contributed by atoms with Gasteiger partial charge in [0.25, 0.3) is 0 Å². The molecule has 2 atom stereocenters. The summed E-state index contributed by atoms with van der Waals surface area (Å²) in [5.41, 5.74) is 0. The van der Waals surface area contributed by atoms with Gasteiger partial charge in [-0.15, -0.1) is 0 Å². The largest absolute Gasteiger partial charge is 0.302 e. The highest BCUT2D eigenvalue weighted by atomic mass is 16.1. The van der Waals surface area contributed by atoms with Crippen LogP contribution in [-0.4, -0.2) is 30.8 Å². The maximum absolute atomic E-state index is 10.7. The number of likely N-dealkylation sites (N-methyl/N-ethyl adjacent to an activating group) is 1. The van der Waals surface area contributed by atoms with E-state index in [0.29, 0.717) is 11.8 Å².